The summed E-state index contributed by atoms with van der Waals surface area (Å²) in [5, 5.41) is 6.25. The van der Waals surface area contributed by atoms with Crippen molar-refractivity contribution < 1.29 is 57.0 Å². The van der Waals surface area contributed by atoms with Gasteiger partial charge < -0.3 is 23.8 Å². The van der Waals surface area contributed by atoms with E-state index in [1.165, 1.54) is 22.3 Å². The number of Topliss-reactive ketones (excluding diaryl/α,β-unsaturated/α-hetero) is 9. The molecule has 0 aliphatic rings. The molecule has 0 unspecified atom stereocenters. The van der Waals surface area contributed by atoms with E-state index in [9.17, 15) is 43.2 Å². The van der Waals surface area contributed by atoms with Crippen molar-refractivity contribution in [3.8, 4) is 11.5 Å². The van der Waals surface area contributed by atoms with Crippen LogP contribution >= 0.6 is 11.3 Å². The Kier molecular flexibility index (Phi) is 41.1. The zero-order valence-corrected chi connectivity index (χ0v) is 86.7. The molecule has 0 radical (unpaired) electrons. The number of fused-ring (bicyclic) bond motifs is 3. The number of benzene rings is 7. The lowest BCUT2D eigenvalue weighted by Gasteiger charge is -2.17. The highest BCUT2D eigenvalue weighted by molar-refractivity contribution is 7.12. The highest BCUT2D eigenvalue weighted by Crippen LogP contribution is 2.34. The second kappa shape index (κ2) is 48.1. The quantitative estimate of drug-likeness (QED) is 0.0941. The van der Waals surface area contributed by atoms with Crippen LogP contribution in [0.2, 0.25) is 0 Å². The Morgan fingerprint density at radius 1 is 0.386 bits per heavy atom. The molecule has 708 valence electrons. The van der Waals surface area contributed by atoms with Crippen molar-refractivity contribution in [1.82, 2.24) is 15.0 Å². The Labute approximate surface area is 792 Å². The Bertz CT molecular complexity index is 5740. The number of H-pyrrole nitrogens is 1. The summed E-state index contributed by atoms with van der Waals surface area (Å²) in [5.41, 5.74) is 9.12. The Morgan fingerprint density at radius 2 is 0.803 bits per heavy atom. The summed E-state index contributed by atoms with van der Waals surface area (Å²) in [7, 11) is 7.26. The van der Waals surface area contributed by atoms with Crippen LogP contribution in [-0.2, 0) is 6.42 Å². The molecule has 7 aromatic carbocycles. The Balaban J connectivity index is 0.000000312. The lowest BCUT2D eigenvalue weighted by atomic mass is 9.86. The standard InChI is InChI=1S/C16H21NO.C16H18O2.C14H15NO.C14H20O2.C13H19NO.C12H18O2.C11H14O.C10H13NO.C9H12OS/c1-10(2)13-9-17-14-7-6-11(8-12(13)14)15(18)16(3,4)5;1-16(2,3)15(17)13-6-5-12-10-14(18-4)8-7-11(12)9-13;1-14(2,3)13(16)11-6-7-12-10(9-11)5-4-8-15-12;1-6-10-7-8-11(9-12(10)16-5)13(15)14(2,3)4;1-13(2,3)12(15)10-6-8-11(9-7-10)14(4)5;1-8(2)9-6-10(14-7-9)11(13)12(3,4)5;1-11(2,3)10(12)9-7-5-4-6-8-9;1-10(2,3)9(12)8-4-6-11-7-5-8;1-9(2,3)8(10)7-5-4-6-11-7/h6-10,17H,1-5H3;5-10H,1-4H3;4-9H,1-3H3;7-9H,6H2,1-5H3;6-9H,1-5H3;6-8H,1-5H3;4-8H,1-3H3;4-7H,1-3H3;4-6H,1-3H3. The molecule has 0 bridgehead atoms. The van der Waals surface area contributed by atoms with Gasteiger partial charge in [0.2, 0.25) is 5.78 Å². The molecule has 5 aromatic heterocycles. The molecule has 1 N–H and O–H groups in total. The van der Waals surface area contributed by atoms with E-state index in [0.717, 1.165) is 106 Å². The molecule has 0 atom stereocenters. The number of furan rings is 1. The average Bonchev–Trinajstić information content (AvgIpc) is 1.57. The number of nitrogens with zero attached hydrogens (tertiary/aromatic N) is 3. The number of rotatable bonds is 15. The molecule has 0 fully saturated rings. The molecule has 0 saturated heterocycles. The van der Waals surface area contributed by atoms with E-state index < -0.39 is 0 Å². The molecule has 0 spiro atoms. The third-order valence-electron chi connectivity index (χ3n) is 20.7. The summed E-state index contributed by atoms with van der Waals surface area (Å²) in [4.78, 5) is 121. The topological polar surface area (TPSA) is 230 Å². The number of anilines is 1. The first-order chi connectivity index (χ1) is 60.8. The molecular formula is C115H150N4O12S. The molecule has 12 rings (SSSR count). The van der Waals surface area contributed by atoms with E-state index in [2.05, 4.69) is 49.6 Å². The number of carbonyl (C=O) groups excluding carboxylic acids is 9. The number of carbonyl (C=O) groups is 9. The molecule has 0 saturated carbocycles. The van der Waals surface area contributed by atoms with Crippen molar-refractivity contribution in [2.75, 3.05) is 33.2 Å². The molecular weight excluding hydrogens is 1660 g/mol. The molecule has 12 aromatic rings. The van der Waals surface area contributed by atoms with E-state index in [1.54, 1.807) is 51.2 Å². The van der Waals surface area contributed by atoms with E-state index in [0.29, 0.717) is 17.6 Å². The van der Waals surface area contributed by atoms with Gasteiger partial charge in [-0.25, -0.2) is 0 Å². The summed E-state index contributed by atoms with van der Waals surface area (Å²) in [6, 6.07) is 59.0. The normalized spacial score (nSPS) is 11.6. The number of ether oxygens (including phenoxy) is 2. The van der Waals surface area contributed by atoms with Gasteiger partial charge in [0, 0.05) is 149 Å². The zero-order chi connectivity index (χ0) is 100. The van der Waals surface area contributed by atoms with Crippen LogP contribution in [0.3, 0.4) is 0 Å². The van der Waals surface area contributed by atoms with Gasteiger partial charge in [-0.15, -0.1) is 11.3 Å². The lowest BCUT2D eigenvalue weighted by Crippen LogP contribution is -2.20. The number of nitrogens with one attached hydrogen (secondary N) is 1. The fraction of sp³-hybridized carbons (Fsp3) is 0.417. The molecule has 5 heterocycles. The number of aryl methyl sites for hydroxylation is 1. The highest BCUT2D eigenvalue weighted by atomic mass is 32.1. The van der Waals surface area contributed by atoms with Crippen molar-refractivity contribution in [3.05, 3.63) is 291 Å². The fourth-order valence-corrected chi connectivity index (χ4v) is 13.5. The van der Waals surface area contributed by atoms with Gasteiger partial charge in [-0.05, 0) is 166 Å². The zero-order valence-electron chi connectivity index (χ0n) is 85.9. The Hall–Kier alpha value is -11.7. The predicted molar refractivity (Wildman–Crippen MR) is 550 cm³/mol. The van der Waals surface area contributed by atoms with Gasteiger partial charge >= 0.3 is 0 Å². The predicted octanol–water partition coefficient (Wildman–Crippen LogP) is 30.4. The number of thiophene rings is 1. The maximum Gasteiger partial charge on any atom is 0.203 e. The highest BCUT2D eigenvalue weighted by Gasteiger charge is 2.31. The van der Waals surface area contributed by atoms with Crippen LogP contribution in [0.5, 0.6) is 11.5 Å². The molecule has 16 nitrogen and oxygen atoms in total. The SMILES string of the molecule is CC(C)(C)C(=O)c1ccc2ncccc2c1.CC(C)(C)C(=O)c1ccccc1.CC(C)(C)C(=O)c1cccs1.CC(C)(C)C(=O)c1ccncc1.CC(C)c1c[nH]c2ccc(C(=O)C(C)(C)C)cc12.CC(C)c1coc(C(=O)C(C)(C)C)c1.CCc1ccc(C(=O)C(C)(C)C)cc1OC.CN(C)c1ccc(C(=O)C(C)(C)C)cc1.COc1ccc2cc(C(=O)C(C)(C)C)ccc2c1. The minimum absolute atomic E-state index is 0.0596. The first-order valence-electron chi connectivity index (χ1n) is 45.3. The molecule has 0 aliphatic heterocycles. The van der Waals surface area contributed by atoms with Gasteiger partial charge in [0.25, 0.3) is 0 Å². The summed E-state index contributed by atoms with van der Waals surface area (Å²) in [6.45, 7) is 62.7. The first-order valence-corrected chi connectivity index (χ1v) is 46.2. The average molecular weight is 1810 g/mol. The smallest absolute Gasteiger partial charge is 0.203 e. The van der Waals surface area contributed by atoms with Crippen molar-refractivity contribution in [3.63, 3.8) is 0 Å². The van der Waals surface area contributed by atoms with Gasteiger partial charge in [0.15, 0.2) is 52.0 Å². The van der Waals surface area contributed by atoms with E-state index in [-0.39, 0.29) is 101 Å². The van der Waals surface area contributed by atoms with Crippen molar-refractivity contribution in [2.24, 2.45) is 48.7 Å². The number of methoxy groups -OCH3 is 2. The summed E-state index contributed by atoms with van der Waals surface area (Å²) in [6.07, 6.45) is 9.66. The van der Waals surface area contributed by atoms with Gasteiger partial charge in [0.1, 0.15) is 11.5 Å². The maximum absolute atomic E-state index is 12.3. The summed E-state index contributed by atoms with van der Waals surface area (Å²) < 4.78 is 15.7. The minimum Gasteiger partial charge on any atom is -0.497 e. The second-order valence-corrected chi connectivity index (χ2v) is 44.0. The largest absolute Gasteiger partial charge is 0.497 e. The van der Waals surface area contributed by atoms with Crippen LogP contribution < -0.4 is 14.4 Å². The van der Waals surface area contributed by atoms with Crippen LogP contribution in [0, 0.1) is 48.7 Å². The summed E-state index contributed by atoms with van der Waals surface area (Å²) in [5.74, 6) is 4.47. The van der Waals surface area contributed by atoms with Crippen LogP contribution in [-0.4, -0.2) is 95.3 Å². The molecule has 132 heavy (non-hydrogen) atoms. The van der Waals surface area contributed by atoms with Gasteiger partial charge in [0.05, 0.1) is 30.9 Å². The van der Waals surface area contributed by atoms with Crippen LogP contribution in [0.15, 0.2) is 229 Å². The van der Waals surface area contributed by atoms with Crippen molar-refractivity contribution >= 4 is 102 Å². The lowest BCUT2D eigenvalue weighted by molar-refractivity contribution is 0.0825. The molecule has 17 heteroatoms. The van der Waals surface area contributed by atoms with Crippen LogP contribution in [0.4, 0.5) is 5.69 Å². The number of aromatic amines is 1. The fourth-order valence-electron chi connectivity index (χ4n) is 12.6. The number of aromatic nitrogens is 3. The number of hydrogen-bond acceptors (Lipinski definition) is 16. The third kappa shape index (κ3) is 35.1. The summed E-state index contributed by atoms with van der Waals surface area (Å²) >= 11 is 1.51. The van der Waals surface area contributed by atoms with Gasteiger partial charge in [-0.3, -0.25) is 53.1 Å². The first kappa shape index (κ1) is 113. The Morgan fingerprint density at radius 3 is 1.23 bits per heavy atom. The van der Waals surface area contributed by atoms with E-state index >= 15 is 0 Å². The van der Waals surface area contributed by atoms with Crippen molar-refractivity contribution in [2.45, 2.75) is 240 Å². The number of hydrogen-bond donors (Lipinski definition) is 1. The maximum atomic E-state index is 12.3. The van der Waals surface area contributed by atoms with Gasteiger partial charge in [-0.1, -0.05) is 294 Å². The molecule has 0 amide bonds. The third-order valence-corrected chi connectivity index (χ3v) is 21.6. The van der Waals surface area contributed by atoms with Crippen LogP contribution in [0.25, 0.3) is 32.6 Å². The number of pyridine rings is 2. The monoisotopic (exact) mass is 1810 g/mol. The van der Waals surface area contributed by atoms with E-state index in [1.807, 2.05) is 393 Å². The van der Waals surface area contributed by atoms with E-state index in [4.69, 9.17) is 13.9 Å². The molecule has 0 aliphatic carbocycles. The minimum atomic E-state index is -0.369. The number of ketones is 9. The second-order valence-electron chi connectivity index (χ2n) is 43.0. The van der Waals surface area contributed by atoms with Gasteiger partial charge in [-0.2, -0.15) is 0 Å². The van der Waals surface area contributed by atoms with Crippen molar-refractivity contribution in [1.29, 1.82) is 0 Å². The van der Waals surface area contributed by atoms with Crippen LogP contribution in [0.1, 0.15) is 343 Å².